The van der Waals surface area contributed by atoms with Crippen LogP contribution in [-0.4, -0.2) is 12.1 Å². The van der Waals surface area contributed by atoms with Gasteiger partial charge in [-0.2, -0.15) is 0 Å². The van der Waals surface area contributed by atoms with Crippen molar-refractivity contribution in [3.05, 3.63) is 35.4 Å². The highest BCUT2D eigenvalue weighted by molar-refractivity contribution is 5.31. The molecule has 0 aliphatic heterocycles. The molecule has 2 nitrogen and oxygen atoms in total. The molecule has 2 heteroatoms. The van der Waals surface area contributed by atoms with Gasteiger partial charge in [-0.25, -0.2) is 0 Å². The smallest absolute Gasteiger partial charge is 0.0835 e. The molecule has 17 heavy (non-hydrogen) atoms. The van der Waals surface area contributed by atoms with Crippen molar-refractivity contribution in [3.8, 4) is 0 Å². The Morgan fingerprint density at radius 3 is 2.88 bits per heavy atom. The van der Waals surface area contributed by atoms with Crippen LogP contribution in [0.3, 0.4) is 0 Å². The maximum atomic E-state index is 6.28. The highest BCUT2D eigenvalue weighted by Crippen LogP contribution is 2.35. The third-order valence-corrected chi connectivity index (χ3v) is 3.92. The SMILES string of the molecule is CCC(C)(CN)OC1CCCc2ccccc21. The van der Waals surface area contributed by atoms with Gasteiger partial charge in [-0.05, 0) is 43.7 Å². The number of benzene rings is 1. The fourth-order valence-electron chi connectivity index (χ4n) is 2.45. The van der Waals surface area contributed by atoms with Gasteiger partial charge in [0.15, 0.2) is 0 Å². The molecule has 94 valence electrons. The van der Waals surface area contributed by atoms with Crippen molar-refractivity contribution >= 4 is 0 Å². The molecule has 1 aliphatic rings. The summed E-state index contributed by atoms with van der Waals surface area (Å²) in [5.41, 5.74) is 8.46. The first-order valence-corrected chi connectivity index (χ1v) is 6.64. The summed E-state index contributed by atoms with van der Waals surface area (Å²) in [7, 11) is 0. The van der Waals surface area contributed by atoms with Crippen LogP contribution >= 0.6 is 0 Å². The molecule has 0 saturated heterocycles. The van der Waals surface area contributed by atoms with Gasteiger partial charge in [-0.15, -0.1) is 0 Å². The van der Waals surface area contributed by atoms with Gasteiger partial charge in [0.05, 0.1) is 11.7 Å². The lowest BCUT2D eigenvalue weighted by Gasteiger charge is -2.35. The lowest BCUT2D eigenvalue weighted by atomic mass is 9.88. The first-order chi connectivity index (χ1) is 8.18. The second-order valence-electron chi connectivity index (χ2n) is 5.21. The number of ether oxygens (including phenoxy) is 1. The van der Waals surface area contributed by atoms with Crippen molar-refractivity contribution in [2.24, 2.45) is 5.73 Å². The fourth-order valence-corrected chi connectivity index (χ4v) is 2.45. The number of hydrogen-bond donors (Lipinski definition) is 1. The average Bonchev–Trinajstić information content (AvgIpc) is 2.39. The molecule has 0 radical (unpaired) electrons. The van der Waals surface area contributed by atoms with E-state index in [9.17, 15) is 0 Å². The van der Waals surface area contributed by atoms with Crippen LogP contribution < -0.4 is 5.73 Å². The van der Waals surface area contributed by atoms with Crippen molar-refractivity contribution in [1.82, 2.24) is 0 Å². The zero-order valence-electron chi connectivity index (χ0n) is 10.9. The molecule has 2 N–H and O–H groups in total. The van der Waals surface area contributed by atoms with E-state index in [2.05, 4.69) is 38.1 Å². The molecule has 0 saturated carbocycles. The van der Waals surface area contributed by atoms with E-state index in [1.54, 1.807) is 0 Å². The molecule has 0 bridgehead atoms. The molecule has 0 amide bonds. The van der Waals surface area contributed by atoms with E-state index in [0.29, 0.717) is 6.54 Å². The molecule has 0 heterocycles. The number of aryl methyl sites for hydroxylation is 1. The van der Waals surface area contributed by atoms with Gasteiger partial charge in [-0.3, -0.25) is 0 Å². The van der Waals surface area contributed by atoms with E-state index in [1.807, 2.05) is 0 Å². The van der Waals surface area contributed by atoms with Crippen molar-refractivity contribution in [2.45, 2.75) is 51.2 Å². The molecular formula is C15H23NO. The van der Waals surface area contributed by atoms with E-state index in [-0.39, 0.29) is 11.7 Å². The Hall–Kier alpha value is -0.860. The van der Waals surface area contributed by atoms with Crippen LogP contribution in [0.5, 0.6) is 0 Å². The Bertz CT molecular complexity index is 371. The summed E-state index contributed by atoms with van der Waals surface area (Å²) < 4.78 is 6.28. The van der Waals surface area contributed by atoms with Crippen molar-refractivity contribution in [3.63, 3.8) is 0 Å². The Labute approximate surface area is 104 Å². The van der Waals surface area contributed by atoms with Crippen LogP contribution in [0.1, 0.15) is 50.3 Å². The lowest BCUT2D eigenvalue weighted by molar-refractivity contribution is -0.0872. The minimum absolute atomic E-state index is 0.185. The second-order valence-corrected chi connectivity index (χ2v) is 5.21. The summed E-state index contributed by atoms with van der Waals surface area (Å²) in [6.45, 7) is 4.84. The van der Waals surface area contributed by atoms with Crippen LogP contribution in [0.2, 0.25) is 0 Å². The van der Waals surface area contributed by atoms with Gasteiger partial charge < -0.3 is 10.5 Å². The zero-order valence-corrected chi connectivity index (χ0v) is 10.9. The largest absolute Gasteiger partial charge is 0.366 e. The normalized spacial score (nSPS) is 22.9. The minimum Gasteiger partial charge on any atom is -0.366 e. The van der Waals surface area contributed by atoms with Crippen LogP contribution in [0.25, 0.3) is 0 Å². The van der Waals surface area contributed by atoms with E-state index >= 15 is 0 Å². The number of rotatable bonds is 4. The van der Waals surface area contributed by atoms with Gasteiger partial charge in [0.1, 0.15) is 0 Å². The van der Waals surface area contributed by atoms with Crippen molar-refractivity contribution in [1.29, 1.82) is 0 Å². The summed E-state index contributed by atoms with van der Waals surface area (Å²) in [5, 5.41) is 0. The molecule has 1 aliphatic carbocycles. The molecule has 0 aromatic heterocycles. The van der Waals surface area contributed by atoms with E-state index < -0.39 is 0 Å². The Balaban J connectivity index is 2.19. The van der Waals surface area contributed by atoms with Gasteiger partial charge in [0, 0.05) is 6.54 Å². The summed E-state index contributed by atoms with van der Waals surface area (Å²) in [6, 6.07) is 8.64. The summed E-state index contributed by atoms with van der Waals surface area (Å²) in [6.07, 6.45) is 4.70. The maximum absolute atomic E-state index is 6.28. The van der Waals surface area contributed by atoms with Crippen LogP contribution in [0, 0.1) is 0 Å². The quantitative estimate of drug-likeness (QED) is 0.866. The van der Waals surface area contributed by atoms with Crippen LogP contribution in [0.15, 0.2) is 24.3 Å². The highest BCUT2D eigenvalue weighted by atomic mass is 16.5. The fraction of sp³-hybridized carbons (Fsp3) is 0.600. The predicted molar refractivity (Wildman–Crippen MR) is 71.0 cm³/mol. The number of hydrogen-bond acceptors (Lipinski definition) is 2. The monoisotopic (exact) mass is 233 g/mol. The minimum atomic E-state index is -0.185. The van der Waals surface area contributed by atoms with E-state index in [0.717, 1.165) is 12.8 Å². The molecular weight excluding hydrogens is 210 g/mol. The van der Waals surface area contributed by atoms with Gasteiger partial charge >= 0.3 is 0 Å². The van der Waals surface area contributed by atoms with E-state index in [4.69, 9.17) is 10.5 Å². The van der Waals surface area contributed by atoms with Crippen LogP contribution in [0.4, 0.5) is 0 Å². The number of nitrogens with two attached hydrogens (primary N) is 1. The first kappa shape index (κ1) is 12.6. The highest BCUT2D eigenvalue weighted by Gasteiger charge is 2.29. The molecule has 2 unspecified atom stereocenters. The summed E-state index contributed by atoms with van der Waals surface area (Å²) in [4.78, 5) is 0. The zero-order chi connectivity index (χ0) is 12.3. The summed E-state index contributed by atoms with van der Waals surface area (Å²) >= 11 is 0. The third-order valence-electron chi connectivity index (χ3n) is 3.92. The van der Waals surface area contributed by atoms with E-state index in [1.165, 1.54) is 24.0 Å². The molecule has 2 rings (SSSR count). The Morgan fingerprint density at radius 2 is 2.18 bits per heavy atom. The predicted octanol–water partition coefficient (Wildman–Crippen LogP) is 3.21. The third kappa shape index (κ3) is 2.70. The molecule has 1 aromatic rings. The molecule has 0 spiro atoms. The molecule has 2 atom stereocenters. The standard InChI is InChI=1S/C15H23NO/c1-3-15(2,11-16)17-14-10-6-8-12-7-4-5-9-13(12)14/h4-5,7,9,14H,3,6,8,10-11,16H2,1-2H3. The molecule has 0 fully saturated rings. The van der Waals surface area contributed by atoms with Gasteiger partial charge in [-0.1, -0.05) is 31.2 Å². The summed E-state index contributed by atoms with van der Waals surface area (Å²) in [5.74, 6) is 0. The maximum Gasteiger partial charge on any atom is 0.0835 e. The van der Waals surface area contributed by atoms with Crippen LogP contribution in [-0.2, 0) is 11.2 Å². The lowest BCUT2D eigenvalue weighted by Crippen LogP contribution is -2.38. The Kier molecular flexibility index (Phi) is 3.85. The number of fused-ring (bicyclic) bond motifs is 1. The second kappa shape index (κ2) is 5.19. The van der Waals surface area contributed by atoms with Crippen molar-refractivity contribution in [2.75, 3.05) is 6.54 Å². The van der Waals surface area contributed by atoms with Crippen molar-refractivity contribution < 1.29 is 4.74 Å². The van der Waals surface area contributed by atoms with Gasteiger partial charge in [0.25, 0.3) is 0 Å². The topological polar surface area (TPSA) is 35.2 Å². The molecule has 1 aromatic carbocycles. The first-order valence-electron chi connectivity index (χ1n) is 6.64. The Morgan fingerprint density at radius 1 is 1.41 bits per heavy atom. The van der Waals surface area contributed by atoms with Gasteiger partial charge in [0.2, 0.25) is 0 Å². The average molecular weight is 233 g/mol.